The van der Waals surface area contributed by atoms with Gasteiger partial charge in [0.1, 0.15) is 11.3 Å². The van der Waals surface area contributed by atoms with Crippen LogP contribution >= 0.6 is 0 Å². The minimum Gasteiger partial charge on any atom is -0.436 e. The van der Waals surface area contributed by atoms with Crippen LogP contribution in [0, 0.1) is 12.7 Å². The van der Waals surface area contributed by atoms with Crippen LogP contribution in [0.3, 0.4) is 0 Å². The summed E-state index contributed by atoms with van der Waals surface area (Å²) in [6, 6.07) is 13.5. The number of aryl methyl sites for hydroxylation is 1. The normalized spacial score (nSPS) is 13.9. The predicted octanol–water partition coefficient (Wildman–Crippen LogP) is 4.29. The van der Waals surface area contributed by atoms with E-state index in [0.29, 0.717) is 36.4 Å². The summed E-state index contributed by atoms with van der Waals surface area (Å²) < 4.78 is 50.1. The van der Waals surface area contributed by atoms with Crippen molar-refractivity contribution in [2.24, 2.45) is 0 Å². The quantitative estimate of drug-likeness (QED) is 0.396. The highest BCUT2D eigenvalue weighted by atomic mass is 32.2. The maximum atomic E-state index is 13.8. The van der Waals surface area contributed by atoms with Crippen LogP contribution < -0.4 is 10.4 Å². The Morgan fingerprint density at radius 1 is 1.12 bits per heavy atom. The highest BCUT2D eigenvalue weighted by Gasteiger charge is 2.26. The fourth-order valence-electron chi connectivity index (χ4n) is 4.17. The van der Waals surface area contributed by atoms with E-state index in [2.05, 4.69) is 4.98 Å². The van der Waals surface area contributed by atoms with E-state index in [1.807, 2.05) is 25.1 Å². The molecule has 0 saturated heterocycles. The first-order chi connectivity index (χ1) is 16.2. The lowest BCUT2D eigenvalue weighted by atomic mass is 9.97. The number of sulfonamides is 1. The van der Waals surface area contributed by atoms with Crippen molar-refractivity contribution in [1.29, 1.82) is 0 Å². The Bertz CT molecular complexity index is 1600. The van der Waals surface area contributed by atoms with E-state index in [-0.39, 0.29) is 5.88 Å². The maximum Gasteiger partial charge on any atom is 0.340 e. The van der Waals surface area contributed by atoms with Gasteiger partial charge in [0.25, 0.3) is 5.88 Å². The summed E-state index contributed by atoms with van der Waals surface area (Å²) in [5.41, 5.74) is 3.97. The van der Waals surface area contributed by atoms with Crippen LogP contribution in [0.1, 0.15) is 27.8 Å². The summed E-state index contributed by atoms with van der Waals surface area (Å²) in [5.74, 6) is -0.456. The van der Waals surface area contributed by atoms with Gasteiger partial charge in [0.15, 0.2) is 5.82 Å². The predicted molar refractivity (Wildman–Crippen MR) is 125 cm³/mol. The molecule has 1 aliphatic heterocycles. The molecule has 0 aliphatic carbocycles. The summed E-state index contributed by atoms with van der Waals surface area (Å²) >= 11 is 0. The molecular formula is C25H21FN2O5S. The van der Waals surface area contributed by atoms with Crippen LogP contribution in [0.2, 0.25) is 0 Å². The van der Waals surface area contributed by atoms with Gasteiger partial charge in [-0.05, 0) is 53.4 Å². The van der Waals surface area contributed by atoms with Gasteiger partial charge in [-0.15, -0.1) is 0 Å². The van der Waals surface area contributed by atoms with Gasteiger partial charge < -0.3 is 9.15 Å². The van der Waals surface area contributed by atoms with Crippen LogP contribution in [0.15, 0.2) is 63.9 Å². The molecule has 0 saturated carbocycles. The standard InChI is InChI=1S/C25H21FN2O5S/c1-15-20-8-7-19(32-24-22(26)4-3-9-27-24)12-23(20)33-25(29)21(15)11-16-5-6-17-13-28(34(2,30)31)14-18(17)10-16/h3-10,12H,11,13-14H2,1-2H3. The number of hydrogen-bond acceptors (Lipinski definition) is 6. The first kappa shape index (κ1) is 22.2. The van der Waals surface area contributed by atoms with Crippen LogP contribution in [-0.2, 0) is 29.5 Å². The van der Waals surface area contributed by atoms with E-state index < -0.39 is 21.5 Å². The van der Waals surface area contributed by atoms with Gasteiger partial charge >= 0.3 is 5.63 Å². The molecule has 0 unspecified atom stereocenters. The number of aromatic nitrogens is 1. The zero-order valence-corrected chi connectivity index (χ0v) is 19.4. The molecule has 0 amide bonds. The number of ether oxygens (including phenoxy) is 1. The molecule has 7 nitrogen and oxygen atoms in total. The summed E-state index contributed by atoms with van der Waals surface area (Å²) in [6.45, 7) is 2.54. The molecule has 0 N–H and O–H groups in total. The molecule has 34 heavy (non-hydrogen) atoms. The lowest BCUT2D eigenvalue weighted by Gasteiger charge is -2.11. The summed E-state index contributed by atoms with van der Waals surface area (Å²) in [5, 5.41) is 0.743. The van der Waals surface area contributed by atoms with E-state index in [9.17, 15) is 17.6 Å². The third-order valence-corrected chi connectivity index (χ3v) is 7.21. The third kappa shape index (κ3) is 4.20. The average molecular weight is 481 g/mol. The van der Waals surface area contributed by atoms with Gasteiger partial charge in [-0.2, -0.15) is 4.31 Å². The number of fused-ring (bicyclic) bond motifs is 2. The second kappa shape index (κ2) is 8.34. The topological polar surface area (TPSA) is 89.7 Å². The molecule has 9 heteroatoms. The Kier molecular flexibility index (Phi) is 5.45. The zero-order valence-electron chi connectivity index (χ0n) is 18.5. The Labute approximate surface area is 195 Å². The Morgan fingerprint density at radius 3 is 2.68 bits per heavy atom. The zero-order chi connectivity index (χ0) is 24.0. The van der Waals surface area contributed by atoms with Crippen molar-refractivity contribution >= 4 is 21.0 Å². The van der Waals surface area contributed by atoms with Crippen molar-refractivity contribution < 1.29 is 22.0 Å². The van der Waals surface area contributed by atoms with E-state index in [4.69, 9.17) is 9.15 Å². The number of halogens is 1. The van der Waals surface area contributed by atoms with Gasteiger partial charge in [0, 0.05) is 42.7 Å². The number of benzene rings is 2. The van der Waals surface area contributed by atoms with Crippen LogP contribution in [-0.4, -0.2) is 24.0 Å². The largest absolute Gasteiger partial charge is 0.436 e. The average Bonchev–Trinajstić information content (AvgIpc) is 3.22. The van der Waals surface area contributed by atoms with E-state index in [1.54, 1.807) is 12.1 Å². The molecule has 4 aromatic rings. The van der Waals surface area contributed by atoms with Crippen molar-refractivity contribution in [2.75, 3.05) is 6.26 Å². The van der Waals surface area contributed by atoms with Crippen molar-refractivity contribution in [3.05, 3.63) is 98.8 Å². The molecule has 0 atom stereocenters. The van der Waals surface area contributed by atoms with Gasteiger partial charge in [0.05, 0.1) is 6.26 Å². The molecule has 0 bridgehead atoms. The Hall–Kier alpha value is -3.56. The molecule has 0 fully saturated rings. The highest BCUT2D eigenvalue weighted by Crippen LogP contribution is 2.30. The molecule has 0 radical (unpaired) electrons. The van der Waals surface area contributed by atoms with Crippen LogP contribution in [0.4, 0.5) is 4.39 Å². The van der Waals surface area contributed by atoms with Crippen LogP contribution in [0.5, 0.6) is 11.6 Å². The minimum absolute atomic E-state index is 0.163. The minimum atomic E-state index is -3.27. The molecular weight excluding hydrogens is 459 g/mol. The van der Waals surface area contributed by atoms with E-state index in [0.717, 1.165) is 27.6 Å². The summed E-state index contributed by atoms with van der Waals surface area (Å²) in [4.78, 5) is 16.7. The molecule has 1 aliphatic rings. The first-order valence-corrected chi connectivity index (χ1v) is 12.4. The smallest absolute Gasteiger partial charge is 0.340 e. The maximum absolute atomic E-state index is 13.8. The molecule has 2 aromatic heterocycles. The van der Waals surface area contributed by atoms with Crippen molar-refractivity contribution in [3.63, 3.8) is 0 Å². The monoisotopic (exact) mass is 480 g/mol. The number of nitrogens with zero attached hydrogens (tertiary/aromatic N) is 2. The molecule has 174 valence electrons. The van der Waals surface area contributed by atoms with Gasteiger partial charge in [-0.25, -0.2) is 22.6 Å². The van der Waals surface area contributed by atoms with Gasteiger partial charge in [-0.3, -0.25) is 0 Å². The summed E-state index contributed by atoms with van der Waals surface area (Å²) in [7, 11) is -3.27. The third-order valence-electron chi connectivity index (χ3n) is 6.01. The van der Waals surface area contributed by atoms with E-state index in [1.165, 1.54) is 35.0 Å². The van der Waals surface area contributed by atoms with Crippen molar-refractivity contribution in [3.8, 4) is 11.6 Å². The number of hydrogen-bond donors (Lipinski definition) is 0. The SMILES string of the molecule is Cc1c(Cc2ccc3c(c2)CN(S(C)(=O)=O)C3)c(=O)oc2cc(Oc3ncccc3F)ccc12. The molecule has 2 aromatic carbocycles. The van der Waals surface area contributed by atoms with Crippen LogP contribution in [0.25, 0.3) is 11.0 Å². The van der Waals surface area contributed by atoms with E-state index >= 15 is 0 Å². The first-order valence-electron chi connectivity index (χ1n) is 10.6. The second-order valence-electron chi connectivity index (χ2n) is 8.35. The second-order valence-corrected chi connectivity index (χ2v) is 10.3. The fourth-order valence-corrected chi connectivity index (χ4v) is 4.91. The van der Waals surface area contributed by atoms with Crippen molar-refractivity contribution in [1.82, 2.24) is 9.29 Å². The molecule has 5 rings (SSSR count). The van der Waals surface area contributed by atoms with Crippen molar-refractivity contribution in [2.45, 2.75) is 26.4 Å². The Balaban J connectivity index is 1.44. The highest BCUT2D eigenvalue weighted by molar-refractivity contribution is 7.88. The molecule has 3 heterocycles. The summed E-state index contributed by atoms with van der Waals surface area (Å²) in [6.07, 6.45) is 2.98. The lowest BCUT2D eigenvalue weighted by molar-refractivity contribution is 0.422. The fraction of sp³-hybridized carbons (Fsp3) is 0.200. The lowest BCUT2D eigenvalue weighted by Crippen LogP contribution is -2.23. The molecule has 0 spiro atoms. The number of pyridine rings is 1. The van der Waals surface area contributed by atoms with Gasteiger partial charge in [-0.1, -0.05) is 18.2 Å². The van der Waals surface area contributed by atoms with Gasteiger partial charge in [0.2, 0.25) is 10.0 Å². The Morgan fingerprint density at radius 2 is 1.91 bits per heavy atom. The number of rotatable bonds is 5.